The standard InChI is InChI=1S/C15H16FN3O5S/c1-23-15(20)12-6-10(24-13-5-3-2-4-11(13)16)8-19(12)25(21,22)14-7-17-9-18-14/h2-5,7,9-10,12H,6,8H2,1H3,(H,17,18). The Morgan fingerprint density at radius 2 is 2.16 bits per heavy atom. The molecule has 0 saturated carbocycles. The summed E-state index contributed by atoms with van der Waals surface area (Å²) in [7, 11) is -2.82. The lowest BCUT2D eigenvalue weighted by atomic mass is 10.2. The number of aromatic amines is 1. The second-order valence-corrected chi connectivity index (χ2v) is 7.29. The maximum absolute atomic E-state index is 13.8. The maximum atomic E-state index is 13.8. The first-order valence-corrected chi connectivity index (χ1v) is 8.86. The van der Waals surface area contributed by atoms with Crippen LogP contribution in [0.25, 0.3) is 0 Å². The Morgan fingerprint density at radius 3 is 2.80 bits per heavy atom. The van der Waals surface area contributed by atoms with E-state index in [1.54, 1.807) is 6.07 Å². The largest absolute Gasteiger partial charge is 0.486 e. The molecule has 2 atom stereocenters. The molecule has 1 fully saturated rings. The SMILES string of the molecule is COC(=O)C1CC(Oc2ccccc2F)CN1S(=O)(=O)c1cnc[nH]1. The van der Waals surface area contributed by atoms with Crippen LogP contribution in [0.15, 0.2) is 41.8 Å². The predicted molar refractivity (Wildman–Crippen MR) is 83.7 cm³/mol. The summed E-state index contributed by atoms with van der Waals surface area (Å²) in [6.07, 6.45) is 1.73. The third-order valence-corrected chi connectivity index (χ3v) is 5.68. The molecule has 10 heteroatoms. The van der Waals surface area contributed by atoms with E-state index in [0.717, 1.165) is 10.5 Å². The molecule has 134 valence electrons. The number of benzene rings is 1. The number of halogens is 1. The fraction of sp³-hybridized carbons (Fsp3) is 0.333. The Balaban J connectivity index is 1.87. The lowest BCUT2D eigenvalue weighted by Gasteiger charge is -2.20. The van der Waals surface area contributed by atoms with E-state index in [9.17, 15) is 17.6 Å². The third kappa shape index (κ3) is 3.35. The zero-order valence-electron chi connectivity index (χ0n) is 13.3. The summed E-state index contributed by atoms with van der Waals surface area (Å²) in [6.45, 7) is -0.116. The Kier molecular flexibility index (Phi) is 4.73. The monoisotopic (exact) mass is 369 g/mol. The topological polar surface area (TPSA) is 102 Å². The first kappa shape index (κ1) is 17.4. The number of nitrogens with one attached hydrogen (secondary N) is 1. The van der Waals surface area contributed by atoms with Crippen molar-refractivity contribution in [3.8, 4) is 5.75 Å². The summed E-state index contributed by atoms with van der Waals surface area (Å²) in [5.41, 5.74) is 0. The van der Waals surface area contributed by atoms with E-state index >= 15 is 0 Å². The Bertz CT molecular complexity index is 856. The zero-order valence-corrected chi connectivity index (χ0v) is 14.1. The Morgan fingerprint density at radius 1 is 1.40 bits per heavy atom. The van der Waals surface area contributed by atoms with Gasteiger partial charge in [0, 0.05) is 6.42 Å². The van der Waals surface area contributed by atoms with Crippen LogP contribution < -0.4 is 4.74 Å². The molecule has 0 amide bonds. The van der Waals surface area contributed by atoms with Crippen LogP contribution in [0.5, 0.6) is 5.75 Å². The van der Waals surface area contributed by atoms with Crippen LogP contribution in [-0.4, -0.2) is 54.5 Å². The summed E-state index contributed by atoms with van der Waals surface area (Å²) >= 11 is 0. The van der Waals surface area contributed by atoms with Gasteiger partial charge in [0.15, 0.2) is 16.6 Å². The number of nitrogens with zero attached hydrogens (tertiary/aromatic N) is 2. The highest BCUT2D eigenvalue weighted by molar-refractivity contribution is 7.89. The molecule has 0 aliphatic carbocycles. The average molecular weight is 369 g/mol. The fourth-order valence-electron chi connectivity index (χ4n) is 2.70. The van der Waals surface area contributed by atoms with Crippen molar-refractivity contribution in [2.45, 2.75) is 23.6 Å². The number of hydrogen-bond acceptors (Lipinski definition) is 6. The van der Waals surface area contributed by atoms with E-state index < -0.39 is 34.0 Å². The minimum atomic E-state index is -3.99. The first-order chi connectivity index (χ1) is 11.9. The molecule has 1 N–H and O–H groups in total. The van der Waals surface area contributed by atoms with Gasteiger partial charge in [0.25, 0.3) is 10.0 Å². The van der Waals surface area contributed by atoms with Crippen molar-refractivity contribution < 1.29 is 27.1 Å². The van der Waals surface area contributed by atoms with Crippen molar-refractivity contribution in [3.63, 3.8) is 0 Å². The number of aromatic nitrogens is 2. The summed E-state index contributed by atoms with van der Waals surface area (Å²) in [4.78, 5) is 18.2. The van der Waals surface area contributed by atoms with E-state index in [2.05, 4.69) is 9.97 Å². The number of esters is 1. The number of methoxy groups -OCH3 is 1. The van der Waals surface area contributed by atoms with Crippen LogP contribution in [0.3, 0.4) is 0 Å². The van der Waals surface area contributed by atoms with Gasteiger partial charge in [-0.05, 0) is 12.1 Å². The Hall–Kier alpha value is -2.46. The van der Waals surface area contributed by atoms with Crippen LogP contribution in [0, 0.1) is 5.82 Å². The van der Waals surface area contributed by atoms with Gasteiger partial charge in [0.05, 0.1) is 26.2 Å². The predicted octanol–water partition coefficient (Wildman–Crippen LogP) is 0.932. The molecule has 1 aliphatic rings. The van der Waals surface area contributed by atoms with E-state index in [1.165, 1.54) is 31.6 Å². The molecular formula is C15H16FN3O5S. The second kappa shape index (κ2) is 6.81. The normalized spacial score (nSPS) is 21.2. The average Bonchev–Trinajstić information content (AvgIpc) is 3.26. The summed E-state index contributed by atoms with van der Waals surface area (Å²) in [5.74, 6) is -1.27. The molecule has 0 bridgehead atoms. The van der Waals surface area contributed by atoms with Gasteiger partial charge in [-0.15, -0.1) is 0 Å². The molecule has 3 rings (SSSR count). The lowest BCUT2D eigenvalue weighted by Crippen LogP contribution is -2.41. The number of para-hydroxylation sites is 1. The number of H-pyrrole nitrogens is 1. The van der Waals surface area contributed by atoms with Crippen LogP contribution in [-0.2, 0) is 19.6 Å². The first-order valence-electron chi connectivity index (χ1n) is 7.42. The van der Waals surface area contributed by atoms with Crippen molar-refractivity contribution in [3.05, 3.63) is 42.6 Å². The molecule has 25 heavy (non-hydrogen) atoms. The molecule has 2 unspecified atom stereocenters. The zero-order chi connectivity index (χ0) is 18.0. The number of hydrogen-bond donors (Lipinski definition) is 1. The third-order valence-electron chi connectivity index (χ3n) is 3.88. The van der Waals surface area contributed by atoms with Crippen molar-refractivity contribution in [1.29, 1.82) is 0 Å². The summed E-state index contributed by atoms with van der Waals surface area (Å²) < 4.78 is 50.4. The van der Waals surface area contributed by atoms with Gasteiger partial charge < -0.3 is 14.5 Å². The highest BCUT2D eigenvalue weighted by Crippen LogP contribution is 2.29. The van der Waals surface area contributed by atoms with E-state index in [4.69, 9.17) is 9.47 Å². The molecule has 0 radical (unpaired) electrons. The van der Waals surface area contributed by atoms with Crippen LogP contribution >= 0.6 is 0 Å². The van der Waals surface area contributed by atoms with Gasteiger partial charge in [-0.3, -0.25) is 4.79 Å². The van der Waals surface area contributed by atoms with E-state index in [0.29, 0.717) is 0 Å². The molecule has 0 spiro atoms. The van der Waals surface area contributed by atoms with Crippen molar-refractivity contribution >= 4 is 16.0 Å². The highest BCUT2D eigenvalue weighted by Gasteiger charge is 2.46. The molecular weight excluding hydrogens is 353 g/mol. The molecule has 2 heterocycles. The molecule has 1 aromatic heterocycles. The molecule has 1 aromatic carbocycles. The van der Waals surface area contributed by atoms with Gasteiger partial charge >= 0.3 is 5.97 Å². The van der Waals surface area contributed by atoms with E-state index in [-0.39, 0.29) is 23.7 Å². The number of carbonyl (C=O) groups is 1. The minimum absolute atomic E-state index is 0.00287. The van der Waals surface area contributed by atoms with Gasteiger partial charge in [0.2, 0.25) is 0 Å². The molecule has 8 nitrogen and oxygen atoms in total. The number of ether oxygens (including phenoxy) is 2. The van der Waals surface area contributed by atoms with Crippen LogP contribution in [0.4, 0.5) is 4.39 Å². The number of imidazole rings is 1. The number of rotatable bonds is 5. The fourth-order valence-corrected chi connectivity index (χ4v) is 4.22. The van der Waals surface area contributed by atoms with Crippen LogP contribution in [0.2, 0.25) is 0 Å². The van der Waals surface area contributed by atoms with Gasteiger partial charge in [-0.1, -0.05) is 12.1 Å². The van der Waals surface area contributed by atoms with Gasteiger partial charge in [0.1, 0.15) is 12.1 Å². The summed E-state index contributed by atoms with van der Waals surface area (Å²) in [6, 6.07) is 4.73. The summed E-state index contributed by atoms with van der Waals surface area (Å²) in [5, 5.41) is -0.145. The molecule has 1 aliphatic heterocycles. The highest BCUT2D eigenvalue weighted by atomic mass is 32.2. The Labute approximate surface area is 143 Å². The van der Waals surface area contributed by atoms with Crippen molar-refractivity contribution in [2.24, 2.45) is 0 Å². The number of carbonyl (C=O) groups excluding carboxylic acids is 1. The quantitative estimate of drug-likeness (QED) is 0.787. The van der Waals surface area contributed by atoms with Crippen molar-refractivity contribution in [2.75, 3.05) is 13.7 Å². The molecule has 2 aromatic rings. The van der Waals surface area contributed by atoms with Crippen LogP contribution in [0.1, 0.15) is 6.42 Å². The number of sulfonamides is 1. The smallest absolute Gasteiger partial charge is 0.324 e. The van der Waals surface area contributed by atoms with Gasteiger partial charge in [-0.2, -0.15) is 4.31 Å². The lowest BCUT2D eigenvalue weighted by molar-refractivity contribution is -0.144. The minimum Gasteiger partial charge on any atom is -0.486 e. The second-order valence-electron chi connectivity index (χ2n) is 5.44. The van der Waals surface area contributed by atoms with Crippen molar-refractivity contribution in [1.82, 2.24) is 14.3 Å². The van der Waals surface area contributed by atoms with E-state index in [1.807, 2.05) is 0 Å². The molecule has 1 saturated heterocycles. The maximum Gasteiger partial charge on any atom is 0.324 e. The van der Waals surface area contributed by atoms with Gasteiger partial charge in [-0.25, -0.2) is 17.8 Å².